The average Bonchev–Trinajstić information content (AvgIpc) is 3.04. The molecule has 3 rings (SSSR count). The average molecular weight is 336 g/mol. The quantitative estimate of drug-likeness (QED) is 0.840. The molecule has 2 aliphatic heterocycles. The highest BCUT2D eigenvalue weighted by molar-refractivity contribution is 5.85. The van der Waals surface area contributed by atoms with Crippen LogP contribution in [0.25, 0.3) is 0 Å². The summed E-state index contributed by atoms with van der Waals surface area (Å²) in [5.74, 6) is -0.938. The van der Waals surface area contributed by atoms with E-state index in [1.807, 2.05) is 0 Å². The number of ether oxygens (including phenoxy) is 2. The minimum atomic E-state index is -0.500. The lowest BCUT2D eigenvalue weighted by atomic mass is 9.99. The minimum absolute atomic E-state index is 0.0513. The van der Waals surface area contributed by atoms with Crippen LogP contribution in [0.2, 0.25) is 0 Å². The van der Waals surface area contributed by atoms with Gasteiger partial charge >= 0.3 is 0 Å². The summed E-state index contributed by atoms with van der Waals surface area (Å²) in [4.78, 5) is 25.5. The van der Waals surface area contributed by atoms with Crippen molar-refractivity contribution in [3.63, 3.8) is 0 Å². The fraction of sp³-hybridized carbons (Fsp3) is 0.529. The lowest BCUT2D eigenvalue weighted by Crippen LogP contribution is -2.57. The predicted molar refractivity (Wildman–Crippen MR) is 83.9 cm³/mol. The Balaban J connectivity index is 1.35. The highest BCUT2D eigenvalue weighted by atomic mass is 19.1. The Bertz CT molecular complexity index is 598. The molecule has 1 N–H and O–H groups in total. The summed E-state index contributed by atoms with van der Waals surface area (Å²) in [6.07, 6.45) is 2.12. The molecule has 0 aliphatic carbocycles. The van der Waals surface area contributed by atoms with E-state index in [2.05, 4.69) is 5.32 Å². The van der Waals surface area contributed by atoms with Crippen LogP contribution in [0.15, 0.2) is 24.3 Å². The largest absolute Gasteiger partial charge is 0.481 e. The summed E-state index contributed by atoms with van der Waals surface area (Å²) in [6, 6.07) is 5.94. The van der Waals surface area contributed by atoms with Crippen LogP contribution in [0, 0.1) is 11.7 Å². The molecule has 0 aromatic heterocycles. The molecule has 0 unspecified atom stereocenters. The van der Waals surface area contributed by atoms with Crippen molar-refractivity contribution in [2.24, 2.45) is 5.92 Å². The van der Waals surface area contributed by atoms with Crippen molar-refractivity contribution in [2.45, 2.75) is 18.9 Å². The van der Waals surface area contributed by atoms with Gasteiger partial charge in [0.25, 0.3) is 5.91 Å². The second kappa shape index (κ2) is 7.61. The maximum Gasteiger partial charge on any atom is 0.260 e. The van der Waals surface area contributed by atoms with Gasteiger partial charge in [-0.25, -0.2) is 4.39 Å². The van der Waals surface area contributed by atoms with Crippen LogP contribution >= 0.6 is 0 Å². The number of halogens is 1. The Kier molecular flexibility index (Phi) is 5.30. The zero-order valence-electron chi connectivity index (χ0n) is 13.4. The van der Waals surface area contributed by atoms with E-state index < -0.39 is 5.82 Å². The summed E-state index contributed by atoms with van der Waals surface area (Å²) in [5, 5.41) is 2.87. The van der Waals surface area contributed by atoms with E-state index in [4.69, 9.17) is 9.47 Å². The van der Waals surface area contributed by atoms with Crippen molar-refractivity contribution in [1.82, 2.24) is 10.2 Å². The third kappa shape index (κ3) is 4.03. The van der Waals surface area contributed by atoms with Gasteiger partial charge in [-0.1, -0.05) is 12.1 Å². The lowest BCUT2D eigenvalue weighted by molar-refractivity contribution is -0.144. The number of carbonyl (C=O) groups excluding carboxylic acids is 2. The number of carbonyl (C=O) groups is 2. The van der Waals surface area contributed by atoms with Crippen LogP contribution in [-0.4, -0.2) is 55.7 Å². The minimum Gasteiger partial charge on any atom is -0.481 e. The topological polar surface area (TPSA) is 67.9 Å². The van der Waals surface area contributed by atoms with Gasteiger partial charge in [0, 0.05) is 26.2 Å². The molecule has 6 nitrogen and oxygen atoms in total. The van der Waals surface area contributed by atoms with Crippen molar-refractivity contribution < 1.29 is 23.5 Å². The first-order valence-electron chi connectivity index (χ1n) is 8.18. The predicted octanol–water partition coefficient (Wildman–Crippen LogP) is 0.958. The van der Waals surface area contributed by atoms with Gasteiger partial charge in [-0.15, -0.1) is 0 Å². The highest BCUT2D eigenvalue weighted by Gasteiger charge is 2.36. The molecule has 1 aromatic rings. The van der Waals surface area contributed by atoms with E-state index in [1.54, 1.807) is 12.1 Å². The Hall–Kier alpha value is -2.15. The molecule has 24 heavy (non-hydrogen) atoms. The van der Waals surface area contributed by atoms with Gasteiger partial charge in [0.2, 0.25) is 5.91 Å². The van der Waals surface area contributed by atoms with Crippen molar-refractivity contribution in [2.75, 3.05) is 32.8 Å². The number of benzene rings is 1. The number of nitrogens with one attached hydrogen (secondary N) is 1. The first-order chi connectivity index (χ1) is 11.6. The Morgan fingerprint density at radius 3 is 2.83 bits per heavy atom. The fourth-order valence-corrected chi connectivity index (χ4v) is 2.80. The molecule has 2 aliphatic rings. The van der Waals surface area contributed by atoms with Crippen molar-refractivity contribution >= 4 is 11.8 Å². The number of amides is 2. The summed E-state index contributed by atoms with van der Waals surface area (Å²) in [7, 11) is 0. The van der Waals surface area contributed by atoms with Crippen LogP contribution < -0.4 is 10.1 Å². The molecule has 0 spiro atoms. The molecule has 2 heterocycles. The third-order valence-electron chi connectivity index (χ3n) is 4.32. The van der Waals surface area contributed by atoms with Gasteiger partial charge in [0.05, 0.1) is 12.0 Å². The summed E-state index contributed by atoms with van der Waals surface area (Å²) < 4.78 is 24.0. The standard InChI is InChI=1S/C17H21FN2O4/c18-14-5-1-2-6-15(14)24-11-16(21)20-9-12(10-20)17(22)19-8-13-4-3-7-23-13/h1-2,5-6,12-13H,3-4,7-11H2,(H,19,22)/t13-/m0/s1. The van der Waals surface area contributed by atoms with E-state index in [-0.39, 0.29) is 36.2 Å². The number of para-hydroxylation sites is 1. The number of rotatable bonds is 6. The number of nitrogens with zero attached hydrogens (tertiary/aromatic N) is 1. The van der Waals surface area contributed by atoms with Gasteiger partial charge in [-0.05, 0) is 25.0 Å². The molecule has 0 radical (unpaired) electrons. The zero-order valence-corrected chi connectivity index (χ0v) is 13.4. The highest BCUT2D eigenvalue weighted by Crippen LogP contribution is 2.19. The summed E-state index contributed by atoms with van der Waals surface area (Å²) in [6.45, 7) is 1.80. The normalized spacial score (nSPS) is 20.5. The molecular weight excluding hydrogens is 315 g/mol. The van der Waals surface area contributed by atoms with Crippen molar-refractivity contribution in [3.05, 3.63) is 30.1 Å². The molecule has 7 heteroatoms. The van der Waals surface area contributed by atoms with Crippen molar-refractivity contribution in [3.8, 4) is 5.75 Å². The fourth-order valence-electron chi connectivity index (χ4n) is 2.80. The molecule has 0 bridgehead atoms. The Morgan fingerprint density at radius 1 is 1.33 bits per heavy atom. The lowest BCUT2D eigenvalue weighted by Gasteiger charge is -2.38. The van der Waals surface area contributed by atoms with Crippen LogP contribution in [0.1, 0.15) is 12.8 Å². The molecule has 1 atom stereocenters. The zero-order chi connectivity index (χ0) is 16.9. The van der Waals surface area contributed by atoms with Crippen LogP contribution in [0.4, 0.5) is 4.39 Å². The first kappa shape index (κ1) is 16.7. The second-order valence-electron chi connectivity index (χ2n) is 6.09. The Labute approximate surface area is 139 Å². The van der Waals surface area contributed by atoms with Crippen LogP contribution in [-0.2, 0) is 14.3 Å². The molecule has 2 amide bonds. The second-order valence-corrected chi connectivity index (χ2v) is 6.09. The molecule has 0 saturated carbocycles. The number of hydrogen-bond donors (Lipinski definition) is 1. The Morgan fingerprint density at radius 2 is 2.12 bits per heavy atom. The maximum absolute atomic E-state index is 13.4. The number of hydrogen-bond acceptors (Lipinski definition) is 4. The monoisotopic (exact) mass is 336 g/mol. The molecular formula is C17H21FN2O4. The molecule has 2 fully saturated rings. The smallest absolute Gasteiger partial charge is 0.260 e. The van der Waals surface area contributed by atoms with Crippen LogP contribution in [0.3, 0.4) is 0 Å². The van der Waals surface area contributed by atoms with Gasteiger partial charge in [0.15, 0.2) is 18.2 Å². The molecule has 130 valence electrons. The number of likely N-dealkylation sites (tertiary alicyclic amines) is 1. The van der Waals surface area contributed by atoms with E-state index in [1.165, 1.54) is 17.0 Å². The van der Waals surface area contributed by atoms with Crippen LogP contribution in [0.5, 0.6) is 5.75 Å². The summed E-state index contributed by atoms with van der Waals surface area (Å²) in [5.41, 5.74) is 0. The molecule has 1 aromatic carbocycles. The van der Waals surface area contributed by atoms with Gasteiger partial charge in [-0.3, -0.25) is 9.59 Å². The van der Waals surface area contributed by atoms with Crippen molar-refractivity contribution in [1.29, 1.82) is 0 Å². The van der Waals surface area contributed by atoms with Gasteiger partial charge in [0.1, 0.15) is 0 Å². The van der Waals surface area contributed by atoms with Gasteiger partial charge < -0.3 is 19.7 Å². The maximum atomic E-state index is 13.4. The SMILES string of the molecule is O=C(NC[C@@H]1CCCO1)C1CN(C(=O)COc2ccccc2F)C1. The third-order valence-corrected chi connectivity index (χ3v) is 4.32. The van der Waals surface area contributed by atoms with E-state index >= 15 is 0 Å². The van der Waals surface area contributed by atoms with Gasteiger partial charge in [-0.2, -0.15) is 0 Å². The van der Waals surface area contributed by atoms with E-state index in [9.17, 15) is 14.0 Å². The molecule has 2 saturated heterocycles. The first-order valence-corrected chi connectivity index (χ1v) is 8.18. The van der Waals surface area contributed by atoms with E-state index in [0.29, 0.717) is 19.6 Å². The van der Waals surface area contributed by atoms with E-state index in [0.717, 1.165) is 19.4 Å². The summed E-state index contributed by atoms with van der Waals surface area (Å²) >= 11 is 0.